The number of rotatable bonds is 6. The summed E-state index contributed by atoms with van der Waals surface area (Å²) in [4.78, 5) is 24.5. The summed E-state index contributed by atoms with van der Waals surface area (Å²) in [6, 6.07) is 12.5. The molecule has 35 heavy (non-hydrogen) atoms. The first kappa shape index (κ1) is 24.8. The molecule has 1 fully saturated rings. The predicted molar refractivity (Wildman–Crippen MR) is 125 cm³/mol. The van der Waals surface area contributed by atoms with E-state index in [1.54, 1.807) is 37.4 Å². The molecule has 5 atom stereocenters. The molecule has 2 aromatic carbocycles. The maximum atomic E-state index is 12.9. The van der Waals surface area contributed by atoms with Gasteiger partial charge >= 0.3 is 5.97 Å². The molecule has 10 nitrogen and oxygen atoms in total. The van der Waals surface area contributed by atoms with Crippen molar-refractivity contribution in [1.82, 2.24) is 4.57 Å². The number of esters is 1. The molecular weight excluding hydrogens is 458 g/mol. The topological polar surface area (TPSA) is 148 Å². The molecular formula is C25H27NO9. The molecule has 1 aliphatic heterocycles. The van der Waals surface area contributed by atoms with Crippen LogP contribution >= 0.6 is 0 Å². The Morgan fingerprint density at radius 1 is 1.03 bits per heavy atom. The fourth-order valence-corrected chi connectivity index (χ4v) is 4.04. The van der Waals surface area contributed by atoms with Crippen LogP contribution in [0.2, 0.25) is 0 Å². The van der Waals surface area contributed by atoms with Crippen molar-refractivity contribution in [3.05, 3.63) is 64.6 Å². The predicted octanol–water partition coefficient (Wildman–Crippen LogP) is 0.329. The van der Waals surface area contributed by atoms with Crippen LogP contribution in [0.5, 0.6) is 5.75 Å². The van der Waals surface area contributed by atoms with E-state index in [1.807, 2.05) is 18.2 Å². The maximum Gasteiger partial charge on any atom is 0.325 e. The van der Waals surface area contributed by atoms with Crippen LogP contribution in [0, 0.1) is 6.92 Å². The average Bonchev–Trinajstić information content (AvgIpc) is 2.86. The molecule has 0 amide bonds. The number of aliphatic hydroxyl groups excluding tert-OH is 4. The van der Waals surface area contributed by atoms with Crippen LogP contribution in [0.25, 0.3) is 21.9 Å². The Bertz CT molecular complexity index is 1290. The van der Waals surface area contributed by atoms with Gasteiger partial charge in [-0.05, 0) is 53.3 Å². The Kier molecular flexibility index (Phi) is 7.20. The Balaban J connectivity index is 1.60. The number of aliphatic hydroxyl groups is 4. The van der Waals surface area contributed by atoms with Crippen molar-refractivity contribution in [3.63, 3.8) is 0 Å². The van der Waals surface area contributed by atoms with E-state index in [4.69, 9.17) is 9.47 Å². The number of aryl methyl sites for hydroxylation is 1. The van der Waals surface area contributed by atoms with E-state index in [-0.39, 0.29) is 12.1 Å². The van der Waals surface area contributed by atoms with Gasteiger partial charge in [0.25, 0.3) is 5.56 Å². The second-order valence-electron chi connectivity index (χ2n) is 8.42. The highest BCUT2D eigenvalue weighted by Gasteiger charge is 2.44. The number of benzene rings is 2. The molecule has 5 unspecified atom stereocenters. The quantitative estimate of drug-likeness (QED) is 0.363. The van der Waals surface area contributed by atoms with E-state index in [0.717, 1.165) is 16.5 Å². The Morgan fingerprint density at radius 3 is 2.43 bits per heavy atom. The van der Waals surface area contributed by atoms with Gasteiger partial charge in [0.15, 0.2) is 0 Å². The number of pyridine rings is 1. The molecule has 4 rings (SSSR count). The molecule has 0 spiro atoms. The number of hydrogen-bond donors (Lipinski definition) is 4. The van der Waals surface area contributed by atoms with Gasteiger partial charge in [0.05, 0.1) is 13.7 Å². The van der Waals surface area contributed by atoms with Crippen molar-refractivity contribution in [3.8, 4) is 16.9 Å². The lowest BCUT2D eigenvalue weighted by Crippen LogP contribution is -2.60. The minimum absolute atomic E-state index is 0.182. The number of aromatic nitrogens is 1. The SMILES string of the molecule is COC(=O)Cn1ccc2ccc(-c3ccc(OC4OC(CO)C(O)C(O)C4O)c(C)c3)cc2c1=O. The fraction of sp³-hybridized carbons (Fsp3) is 0.360. The highest BCUT2D eigenvalue weighted by atomic mass is 16.7. The molecule has 1 saturated heterocycles. The number of carbonyl (C=O) groups is 1. The average molecular weight is 485 g/mol. The normalized spacial score (nSPS) is 24.3. The summed E-state index contributed by atoms with van der Waals surface area (Å²) in [6.07, 6.45) is -5.33. The first-order valence-corrected chi connectivity index (χ1v) is 11.0. The van der Waals surface area contributed by atoms with Crippen molar-refractivity contribution in [2.45, 2.75) is 44.2 Å². The van der Waals surface area contributed by atoms with Crippen molar-refractivity contribution in [2.24, 2.45) is 0 Å². The second kappa shape index (κ2) is 10.1. The molecule has 2 heterocycles. The third kappa shape index (κ3) is 4.93. The smallest absolute Gasteiger partial charge is 0.325 e. The summed E-state index contributed by atoms with van der Waals surface area (Å²) in [5, 5.41) is 40.7. The Labute approximate surface area is 200 Å². The molecule has 0 saturated carbocycles. The zero-order valence-corrected chi connectivity index (χ0v) is 19.2. The van der Waals surface area contributed by atoms with E-state index in [2.05, 4.69) is 4.74 Å². The standard InChI is InChI=1S/C25H27NO9/c1-13-9-15(5-6-18(13)34-25-23(31)22(30)21(29)19(12-27)35-25)16-4-3-14-7-8-26(11-20(28)33-2)24(32)17(14)10-16/h3-10,19,21-23,25,27,29-31H,11-12H2,1-2H3. The van der Waals surface area contributed by atoms with E-state index >= 15 is 0 Å². The van der Waals surface area contributed by atoms with Gasteiger partial charge in [0, 0.05) is 11.6 Å². The molecule has 1 aliphatic rings. The largest absolute Gasteiger partial charge is 0.468 e. The highest BCUT2D eigenvalue weighted by molar-refractivity contribution is 5.87. The van der Waals surface area contributed by atoms with Crippen molar-refractivity contribution in [2.75, 3.05) is 13.7 Å². The van der Waals surface area contributed by atoms with Gasteiger partial charge in [-0.1, -0.05) is 18.2 Å². The number of fused-ring (bicyclic) bond motifs is 1. The summed E-state index contributed by atoms with van der Waals surface area (Å²) >= 11 is 0. The van der Waals surface area contributed by atoms with Gasteiger partial charge in [-0.3, -0.25) is 9.59 Å². The molecule has 186 valence electrons. The highest BCUT2D eigenvalue weighted by Crippen LogP contribution is 2.30. The number of nitrogens with zero attached hydrogens (tertiary/aromatic N) is 1. The van der Waals surface area contributed by atoms with Gasteiger partial charge in [-0.15, -0.1) is 0 Å². The first-order valence-electron chi connectivity index (χ1n) is 11.0. The number of hydrogen-bond acceptors (Lipinski definition) is 9. The van der Waals surface area contributed by atoms with E-state index in [0.29, 0.717) is 16.7 Å². The van der Waals surface area contributed by atoms with Gasteiger partial charge in [-0.25, -0.2) is 0 Å². The fourth-order valence-electron chi connectivity index (χ4n) is 4.04. The zero-order valence-electron chi connectivity index (χ0n) is 19.2. The minimum Gasteiger partial charge on any atom is -0.468 e. The number of methoxy groups -OCH3 is 1. The zero-order chi connectivity index (χ0) is 25.3. The van der Waals surface area contributed by atoms with Crippen LogP contribution < -0.4 is 10.3 Å². The van der Waals surface area contributed by atoms with E-state index < -0.39 is 43.3 Å². The van der Waals surface area contributed by atoms with Crippen LogP contribution in [-0.4, -0.2) is 75.4 Å². The number of ether oxygens (including phenoxy) is 3. The Hall–Kier alpha value is -3.28. The van der Waals surface area contributed by atoms with Crippen LogP contribution in [-0.2, 0) is 20.8 Å². The van der Waals surface area contributed by atoms with E-state index in [1.165, 1.54) is 11.7 Å². The van der Waals surface area contributed by atoms with Crippen LogP contribution in [0.4, 0.5) is 0 Å². The molecule has 0 aliphatic carbocycles. The van der Waals surface area contributed by atoms with E-state index in [9.17, 15) is 30.0 Å². The maximum absolute atomic E-state index is 12.9. The van der Waals surface area contributed by atoms with Crippen LogP contribution in [0.15, 0.2) is 53.5 Å². The third-order valence-electron chi connectivity index (χ3n) is 6.11. The molecule has 4 N–H and O–H groups in total. The molecule has 10 heteroatoms. The summed E-state index contributed by atoms with van der Waals surface area (Å²) in [5.41, 5.74) is 1.95. The van der Waals surface area contributed by atoms with Gasteiger partial charge in [0.1, 0.15) is 36.7 Å². The lowest BCUT2D eigenvalue weighted by molar-refractivity contribution is -0.277. The third-order valence-corrected chi connectivity index (χ3v) is 6.11. The van der Waals surface area contributed by atoms with Gasteiger partial charge < -0.3 is 39.2 Å². The van der Waals surface area contributed by atoms with Gasteiger partial charge in [0.2, 0.25) is 6.29 Å². The molecule has 1 aromatic heterocycles. The second-order valence-corrected chi connectivity index (χ2v) is 8.42. The summed E-state index contributed by atoms with van der Waals surface area (Å²) in [7, 11) is 1.26. The lowest BCUT2D eigenvalue weighted by atomic mass is 9.99. The first-order chi connectivity index (χ1) is 16.7. The molecule has 0 radical (unpaired) electrons. The minimum atomic E-state index is -1.54. The Morgan fingerprint density at radius 2 is 1.74 bits per heavy atom. The molecule has 3 aromatic rings. The van der Waals surface area contributed by atoms with Crippen LogP contribution in [0.1, 0.15) is 5.56 Å². The lowest BCUT2D eigenvalue weighted by Gasteiger charge is -2.39. The monoisotopic (exact) mass is 485 g/mol. The molecule has 0 bridgehead atoms. The summed E-state index contributed by atoms with van der Waals surface area (Å²) in [6.45, 7) is 1.05. The number of carbonyl (C=O) groups excluding carboxylic acids is 1. The summed E-state index contributed by atoms with van der Waals surface area (Å²) < 4.78 is 17.1. The van der Waals surface area contributed by atoms with Crippen molar-refractivity contribution in [1.29, 1.82) is 0 Å². The van der Waals surface area contributed by atoms with Gasteiger partial charge in [-0.2, -0.15) is 0 Å². The van der Waals surface area contributed by atoms with Crippen LogP contribution in [0.3, 0.4) is 0 Å². The summed E-state index contributed by atoms with van der Waals surface area (Å²) in [5.74, 6) is -0.146. The van der Waals surface area contributed by atoms with Crippen molar-refractivity contribution < 1.29 is 39.4 Å². The van der Waals surface area contributed by atoms with Crippen molar-refractivity contribution >= 4 is 16.7 Å².